The van der Waals surface area contributed by atoms with E-state index in [2.05, 4.69) is 37.7 Å². The number of likely N-dealkylation sites (tertiary alicyclic amines) is 1. The molecule has 1 atom stereocenters. The van der Waals surface area contributed by atoms with Crippen LogP contribution in [0.4, 0.5) is 0 Å². The molecule has 1 aromatic carbocycles. The number of rotatable bonds is 9. The summed E-state index contributed by atoms with van der Waals surface area (Å²) in [6, 6.07) is 6.31. The molecule has 3 rings (SSSR count). The van der Waals surface area contributed by atoms with Gasteiger partial charge in [-0.25, -0.2) is 0 Å². The summed E-state index contributed by atoms with van der Waals surface area (Å²) in [7, 11) is 1.55. The number of nitrogens with one attached hydrogen (secondary N) is 1. The summed E-state index contributed by atoms with van der Waals surface area (Å²) in [5.74, 6) is 2.34. The Kier molecular flexibility index (Phi) is 8.61. The van der Waals surface area contributed by atoms with E-state index in [1.165, 1.54) is 40.3 Å². The third-order valence-corrected chi connectivity index (χ3v) is 8.99. The van der Waals surface area contributed by atoms with E-state index in [-0.39, 0.29) is 6.04 Å². The van der Waals surface area contributed by atoms with Crippen molar-refractivity contribution in [3.8, 4) is 5.75 Å². The van der Waals surface area contributed by atoms with Crippen LogP contribution in [0.2, 0.25) is 0 Å². The Balaban J connectivity index is 1.38. The van der Waals surface area contributed by atoms with E-state index >= 15 is 0 Å². The molecule has 2 fully saturated rings. The molecular formula is C22H36BrN3O3S. The maximum Gasteiger partial charge on any atom is 0.279 e. The maximum atomic E-state index is 12.0. The van der Waals surface area contributed by atoms with Crippen LogP contribution in [0.5, 0.6) is 5.75 Å². The van der Waals surface area contributed by atoms with Crippen molar-refractivity contribution in [2.75, 3.05) is 40.8 Å². The van der Waals surface area contributed by atoms with Crippen LogP contribution in [0.1, 0.15) is 44.1 Å². The molecule has 0 bridgehead atoms. The van der Waals surface area contributed by atoms with Crippen molar-refractivity contribution in [2.24, 2.45) is 11.8 Å². The van der Waals surface area contributed by atoms with Crippen LogP contribution in [0.15, 0.2) is 22.7 Å². The molecule has 0 radical (unpaired) electrons. The molecule has 30 heavy (non-hydrogen) atoms. The van der Waals surface area contributed by atoms with Gasteiger partial charge in [-0.2, -0.15) is 17.4 Å². The average molecular weight is 503 g/mol. The minimum Gasteiger partial charge on any atom is -0.497 e. The van der Waals surface area contributed by atoms with Gasteiger partial charge in [0.2, 0.25) is 0 Å². The average Bonchev–Trinajstić information content (AvgIpc) is 3.16. The lowest BCUT2D eigenvalue weighted by Crippen LogP contribution is -2.43. The SMILES string of the molecule is COc1ccc(Br)c(CC2CCN(CC[C@H]3CC[C@H](NS(=O)(=O)N(C)C)CC3)C2)c1. The fourth-order valence-electron chi connectivity index (χ4n) is 4.68. The van der Waals surface area contributed by atoms with Crippen molar-refractivity contribution >= 4 is 26.1 Å². The van der Waals surface area contributed by atoms with Gasteiger partial charge in [0.1, 0.15) is 5.75 Å². The number of hydrogen-bond donors (Lipinski definition) is 1. The summed E-state index contributed by atoms with van der Waals surface area (Å²) in [5.41, 5.74) is 1.33. The fraction of sp³-hybridized carbons (Fsp3) is 0.727. The summed E-state index contributed by atoms with van der Waals surface area (Å²) in [4.78, 5) is 2.61. The van der Waals surface area contributed by atoms with Crippen molar-refractivity contribution < 1.29 is 13.2 Å². The van der Waals surface area contributed by atoms with E-state index in [1.54, 1.807) is 21.2 Å². The molecule has 1 aromatic rings. The topological polar surface area (TPSA) is 61.9 Å². The monoisotopic (exact) mass is 501 g/mol. The van der Waals surface area contributed by atoms with Crippen LogP contribution in [-0.2, 0) is 16.6 Å². The summed E-state index contributed by atoms with van der Waals surface area (Å²) in [6.07, 6.45) is 7.70. The van der Waals surface area contributed by atoms with Gasteiger partial charge in [-0.1, -0.05) is 15.9 Å². The molecule has 8 heteroatoms. The second-order valence-corrected chi connectivity index (χ2v) is 11.8. The van der Waals surface area contributed by atoms with Crippen LogP contribution < -0.4 is 9.46 Å². The van der Waals surface area contributed by atoms with E-state index in [1.807, 2.05) is 6.07 Å². The normalized spacial score (nSPS) is 25.7. The van der Waals surface area contributed by atoms with E-state index < -0.39 is 10.2 Å². The van der Waals surface area contributed by atoms with E-state index in [0.717, 1.165) is 50.3 Å². The third kappa shape index (κ3) is 6.66. The second kappa shape index (κ2) is 10.8. The number of hydrogen-bond acceptors (Lipinski definition) is 4. The first-order chi connectivity index (χ1) is 14.3. The van der Waals surface area contributed by atoms with Crippen LogP contribution in [-0.4, -0.2) is 64.5 Å². The predicted octanol–water partition coefficient (Wildman–Crippen LogP) is 3.67. The van der Waals surface area contributed by atoms with Crippen LogP contribution in [0.25, 0.3) is 0 Å². The van der Waals surface area contributed by atoms with Crippen molar-refractivity contribution in [2.45, 2.75) is 51.0 Å². The Hall–Kier alpha value is -0.670. The molecule has 0 amide bonds. The molecule has 170 valence electrons. The lowest BCUT2D eigenvalue weighted by atomic mass is 9.84. The minimum absolute atomic E-state index is 0.0890. The van der Waals surface area contributed by atoms with E-state index in [9.17, 15) is 8.42 Å². The molecule has 1 saturated carbocycles. The smallest absolute Gasteiger partial charge is 0.279 e. The van der Waals surface area contributed by atoms with Gasteiger partial charge in [0.05, 0.1) is 7.11 Å². The lowest BCUT2D eigenvalue weighted by molar-refractivity contribution is 0.245. The molecule has 1 N–H and O–H groups in total. The zero-order chi connectivity index (χ0) is 21.7. The maximum absolute atomic E-state index is 12.0. The first-order valence-corrected chi connectivity index (χ1v) is 13.2. The van der Waals surface area contributed by atoms with Crippen LogP contribution >= 0.6 is 15.9 Å². The Bertz CT molecular complexity index is 795. The second-order valence-electron chi connectivity index (χ2n) is 9.03. The molecule has 0 spiro atoms. The van der Waals surface area contributed by atoms with E-state index in [4.69, 9.17) is 4.74 Å². The van der Waals surface area contributed by atoms with Gasteiger partial charge in [-0.05, 0) is 93.6 Å². The van der Waals surface area contributed by atoms with Gasteiger partial charge in [-0.15, -0.1) is 0 Å². The Labute approximate surface area is 190 Å². The van der Waals surface area contributed by atoms with Crippen molar-refractivity contribution in [1.29, 1.82) is 0 Å². The fourth-order valence-corrected chi connectivity index (χ4v) is 5.95. The molecule has 6 nitrogen and oxygen atoms in total. The number of halogens is 1. The lowest BCUT2D eigenvalue weighted by Gasteiger charge is -2.30. The molecule has 2 aliphatic rings. The van der Waals surface area contributed by atoms with E-state index in [0.29, 0.717) is 5.92 Å². The Morgan fingerprint density at radius 2 is 1.90 bits per heavy atom. The zero-order valence-electron chi connectivity index (χ0n) is 18.4. The van der Waals surface area contributed by atoms with Gasteiger partial charge in [0.25, 0.3) is 10.2 Å². The standard InChI is InChI=1S/C22H36BrN3O3S/c1-25(2)30(27,28)24-20-6-4-17(5-7-20)10-12-26-13-11-18(16-26)14-19-15-21(29-3)8-9-22(19)23/h8-9,15,17-18,20,24H,4-7,10-14,16H2,1-3H3/t17-,18?,20-. The highest BCUT2D eigenvalue weighted by molar-refractivity contribution is 9.10. The summed E-state index contributed by atoms with van der Waals surface area (Å²) < 4.78 is 34.6. The summed E-state index contributed by atoms with van der Waals surface area (Å²) >= 11 is 3.68. The molecule has 1 unspecified atom stereocenters. The molecule has 1 saturated heterocycles. The third-order valence-electron chi connectivity index (χ3n) is 6.63. The highest BCUT2D eigenvalue weighted by Crippen LogP contribution is 2.30. The Morgan fingerprint density at radius 3 is 2.57 bits per heavy atom. The minimum atomic E-state index is -3.32. The van der Waals surface area contributed by atoms with Gasteiger partial charge in [-0.3, -0.25) is 0 Å². The molecular weight excluding hydrogens is 466 g/mol. The summed E-state index contributed by atoms with van der Waals surface area (Å²) in [5, 5.41) is 0. The van der Waals surface area contributed by atoms with Crippen LogP contribution in [0, 0.1) is 11.8 Å². The van der Waals surface area contributed by atoms with Crippen molar-refractivity contribution in [1.82, 2.24) is 13.9 Å². The number of benzene rings is 1. The first-order valence-electron chi connectivity index (χ1n) is 11.0. The zero-order valence-corrected chi connectivity index (χ0v) is 20.8. The Morgan fingerprint density at radius 1 is 1.17 bits per heavy atom. The summed E-state index contributed by atoms with van der Waals surface area (Å²) in [6.45, 7) is 3.51. The number of methoxy groups -OCH3 is 1. The molecule has 1 aliphatic carbocycles. The van der Waals surface area contributed by atoms with Gasteiger partial charge >= 0.3 is 0 Å². The largest absolute Gasteiger partial charge is 0.497 e. The predicted molar refractivity (Wildman–Crippen MR) is 125 cm³/mol. The quantitative estimate of drug-likeness (QED) is 0.560. The first kappa shape index (κ1) is 24.0. The van der Waals surface area contributed by atoms with Crippen molar-refractivity contribution in [3.63, 3.8) is 0 Å². The van der Waals surface area contributed by atoms with Crippen LogP contribution in [0.3, 0.4) is 0 Å². The molecule has 0 aromatic heterocycles. The van der Waals surface area contributed by atoms with Crippen molar-refractivity contribution in [3.05, 3.63) is 28.2 Å². The number of ether oxygens (including phenoxy) is 1. The van der Waals surface area contributed by atoms with Gasteiger partial charge in [0, 0.05) is 31.2 Å². The van der Waals surface area contributed by atoms with Gasteiger partial charge < -0.3 is 9.64 Å². The van der Waals surface area contributed by atoms with Gasteiger partial charge in [0.15, 0.2) is 0 Å². The molecule has 1 heterocycles. The highest BCUT2D eigenvalue weighted by Gasteiger charge is 2.27. The molecule has 1 aliphatic heterocycles. The highest BCUT2D eigenvalue weighted by atomic mass is 79.9. The number of nitrogens with zero attached hydrogens (tertiary/aromatic N) is 2.